The first-order chi connectivity index (χ1) is 9.95. The van der Waals surface area contributed by atoms with Gasteiger partial charge < -0.3 is 16.0 Å². The van der Waals surface area contributed by atoms with E-state index in [1.807, 2.05) is 6.07 Å². The number of benzene rings is 1. The van der Waals surface area contributed by atoms with E-state index in [2.05, 4.69) is 45.1 Å². The van der Waals surface area contributed by atoms with Crippen LogP contribution in [0.5, 0.6) is 0 Å². The number of hydrogen-bond acceptors (Lipinski definition) is 4. The summed E-state index contributed by atoms with van der Waals surface area (Å²) in [6.07, 6.45) is 2.23. The predicted octanol–water partition coefficient (Wildman–Crippen LogP) is 2.00. The van der Waals surface area contributed by atoms with Gasteiger partial charge in [0.25, 0.3) is 0 Å². The smallest absolute Gasteiger partial charge is 0.238 e. The summed E-state index contributed by atoms with van der Waals surface area (Å²) >= 11 is 3.41. The molecule has 0 aromatic heterocycles. The first-order valence-electron chi connectivity index (χ1n) is 7.19. The maximum absolute atomic E-state index is 12.1. The Morgan fingerprint density at radius 3 is 2.67 bits per heavy atom. The minimum atomic E-state index is 0.0174. The molecule has 1 aromatic rings. The van der Waals surface area contributed by atoms with Gasteiger partial charge in [0, 0.05) is 29.3 Å². The summed E-state index contributed by atoms with van der Waals surface area (Å²) in [5.41, 5.74) is 7.12. The lowest BCUT2D eigenvalue weighted by molar-refractivity contribution is -0.117. The zero-order valence-corrected chi connectivity index (χ0v) is 14.2. The molecule has 0 saturated carbocycles. The van der Waals surface area contributed by atoms with Crippen molar-refractivity contribution in [2.24, 2.45) is 0 Å². The maximum Gasteiger partial charge on any atom is 0.238 e. The number of carbonyl (C=O) groups is 1. The summed E-state index contributed by atoms with van der Waals surface area (Å²) < 4.78 is 0.808. The fraction of sp³-hybridized carbons (Fsp3) is 0.533. The highest BCUT2D eigenvalue weighted by Gasteiger charge is 2.22. The van der Waals surface area contributed by atoms with Gasteiger partial charge in [-0.1, -0.05) is 0 Å². The Hall–Kier alpha value is -1.11. The number of nitrogens with two attached hydrogens (primary N) is 1. The average Bonchev–Trinajstić information content (AvgIpc) is 2.42. The van der Waals surface area contributed by atoms with Crippen molar-refractivity contribution in [3.63, 3.8) is 0 Å². The van der Waals surface area contributed by atoms with E-state index in [1.54, 1.807) is 12.1 Å². The molecule has 1 saturated heterocycles. The van der Waals surface area contributed by atoms with Gasteiger partial charge in [0.15, 0.2) is 0 Å². The van der Waals surface area contributed by atoms with Crippen molar-refractivity contribution in [1.82, 2.24) is 9.80 Å². The fourth-order valence-corrected chi connectivity index (χ4v) is 3.12. The van der Waals surface area contributed by atoms with E-state index in [0.717, 1.165) is 36.1 Å². The molecular weight excluding hydrogens is 332 g/mol. The van der Waals surface area contributed by atoms with E-state index >= 15 is 0 Å². The van der Waals surface area contributed by atoms with Crippen LogP contribution in [0, 0.1) is 0 Å². The van der Waals surface area contributed by atoms with Gasteiger partial charge in [-0.25, -0.2) is 0 Å². The van der Waals surface area contributed by atoms with Gasteiger partial charge in [0.05, 0.1) is 12.2 Å². The summed E-state index contributed by atoms with van der Waals surface area (Å²) in [5.74, 6) is 0.0174. The zero-order valence-electron chi connectivity index (χ0n) is 12.6. The van der Waals surface area contributed by atoms with Crippen LogP contribution in [0.4, 0.5) is 11.4 Å². The van der Waals surface area contributed by atoms with E-state index < -0.39 is 0 Å². The van der Waals surface area contributed by atoms with Crippen molar-refractivity contribution in [2.75, 3.05) is 44.8 Å². The van der Waals surface area contributed by atoms with Crippen LogP contribution in [0.3, 0.4) is 0 Å². The number of rotatable bonds is 4. The Balaban J connectivity index is 1.83. The minimum Gasteiger partial charge on any atom is -0.399 e. The third kappa shape index (κ3) is 4.69. The van der Waals surface area contributed by atoms with Crippen LogP contribution < -0.4 is 11.1 Å². The number of likely N-dealkylation sites (tertiary alicyclic amines) is 1. The average molecular weight is 355 g/mol. The second-order valence-corrected chi connectivity index (χ2v) is 6.61. The van der Waals surface area contributed by atoms with Gasteiger partial charge in [0.1, 0.15) is 0 Å². The maximum atomic E-state index is 12.1. The molecule has 0 aliphatic carbocycles. The lowest BCUT2D eigenvalue weighted by Gasteiger charge is -2.34. The molecule has 5 nitrogen and oxygen atoms in total. The molecule has 1 heterocycles. The summed E-state index contributed by atoms with van der Waals surface area (Å²) in [6, 6.07) is 6.02. The van der Waals surface area contributed by atoms with E-state index in [9.17, 15) is 4.79 Å². The number of carbonyl (C=O) groups excluding carboxylic acids is 1. The quantitative estimate of drug-likeness (QED) is 0.811. The summed E-state index contributed by atoms with van der Waals surface area (Å²) in [6.45, 7) is 2.38. The standard InChI is InChI=1S/C15H23BrN4O/c1-19(2)12-5-7-20(8-6-12)10-15(21)18-14-4-3-11(17)9-13(14)16/h3-4,9,12H,5-8,10,17H2,1-2H3,(H,18,21). The second-order valence-electron chi connectivity index (χ2n) is 5.76. The van der Waals surface area contributed by atoms with E-state index in [4.69, 9.17) is 5.73 Å². The van der Waals surface area contributed by atoms with Gasteiger partial charge in [-0.15, -0.1) is 0 Å². The lowest BCUT2D eigenvalue weighted by atomic mass is 10.0. The molecule has 0 radical (unpaired) electrons. The molecule has 1 amide bonds. The van der Waals surface area contributed by atoms with E-state index in [0.29, 0.717) is 18.3 Å². The Morgan fingerprint density at radius 1 is 1.43 bits per heavy atom. The van der Waals surface area contributed by atoms with Gasteiger partial charge in [-0.2, -0.15) is 0 Å². The number of nitrogen functional groups attached to an aromatic ring is 1. The molecule has 3 N–H and O–H groups in total. The second kappa shape index (κ2) is 7.24. The first-order valence-corrected chi connectivity index (χ1v) is 7.98. The molecule has 1 aliphatic heterocycles. The topological polar surface area (TPSA) is 61.6 Å². The number of piperidine rings is 1. The van der Waals surface area contributed by atoms with Gasteiger partial charge >= 0.3 is 0 Å². The van der Waals surface area contributed by atoms with Crippen LogP contribution in [-0.4, -0.2) is 55.5 Å². The molecule has 116 valence electrons. The fourth-order valence-electron chi connectivity index (χ4n) is 2.62. The highest BCUT2D eigenvalue weighted by molar-refractivity contribution is 9.10. The first kappa shape index (κ1) is 16.3. The Morgan fingerprint density at radius 2 is 2.10 bits per heavy atom. The van der Waals surface area contributed by atoms with Crippen LogP contribution in [0.15, 0.2) is 22.7 Å². The van der Waals surface area contributed by atoms with Crippen LogP contribution in [0.25, 0.3) is 0 Å². The molecule has 0 atom stereocenters. The predicted molar refractivity (Wildman–Crippen MR) is 90.3 cm³/mol. The Kier molecular flexibility index (Phi) is 5.61. The van der Waals surface area contributed by atoms with Gasteiger partial charge in [-0.3, -0.25) is 9.69 Å². The summed E-state index contributed by atoms with van der Waals surface area (Å²) in [5, 5.41) is 2.93. The highest BCUT2D eigenvalue weighted by Crippen LogP contribution is 2.24. The van der Waals surface area contributed by atoms with Crippen molar-refractivity contribution >= 4 is 33.2 Å². The molecule has 1 fully saturated rings. The lowest BCUT2D eigenvalue weighted by Crippen LogP contribution is -2.44. The number of nitrogens with zero attached hydrogens (tertiary/aromatic N) is 2. The van der Waals surface area contributed by atoms with Crippen LogP contribution in [-0.2, 0) is 4.79 Å². The van der Waals surface area contributed by atoms with Crippen molar-refractivity contribution in [2.45, 2.75) is 18.9 Å². The molecule has 6 heteroatoms. The van der Waals surface area contributed by atoms with Crippen molar-refractivity contribution in [3.8, 4) is 0 Å². The Labute approximate surface area is 134 Å². The molecule has 21 heavy (non-hydrogen) atoms. The number of nitrogens with one attached hydrogen (secondary N) is 1. The van der Waals surface area contributed by atoms with Crippen LogP contribution in [0.2, 0.25) is 0 Å². The largest absolute Gasteiger partial charge is 0.399 e. The summed E-state index contributed by atoms with van der Waals surface area (Å²) in [7, 11) is 4.23. The minimum absolute atomic E-state index is 0.0174. The number of hydrogen-bond donors (Lipinski definition) is 2. The molecular formula is C15H23BrN4O. The van der Waals surface area contributed by atoms with Crippen molar-refractivity contribution < 1.29 is 4.79 Å². The SMILES string of the molecule is CN(C)C1CCN(CC(=O)Nc2ccc(N)cc2Br)CC1. The molecule has 2 rings (SSSR count). The van der Waals surface area contributed by atoms with Crippen LogP contribution >= 0.6 is 15.9 Å². The van der Waals surface area contributed by atoms with E-state index in [-0.39, 0.29) is 5.91 Å². The third-order valence-corrected chi connectivity index (χ3v) is 4.58. The number of anilines is 2. The highest BCUT2D eigenvalue weighted by atomic mass is 79.9. The molecule has 1 aromatic carbocycles. The van der Waals surface area contributed by atoms with Crippen molar-refractivity contribution in [1.29, 1.82) is 0 Å². The normalized spacial score (nSPS) is 17.1. The number of amides is 1. The Bertz CT molecular complexity index is 498. The van der Waals surface area contributed by atoms with Gasteiger partial charge in [0.2, 0.25) is 5.91 Å². The monoisotopic (exact) mass is 354 g/mol. The third-order valence-electron chi connectivity index (χ3n) is 3.92. The van der Waals surface area contributed by atoms with Crippen molar-refractivity contribution in [3.05, 3.63) is 22.7 Å². The number of halogens is 1. The summed E-state index contributed by atoms with van der Waals surface area (Å²) in [4.78, 5) is 16.6. The zero-order chi connectivity index (χ0) is 15.4. The van der Waals surface area contributed by atoms with Crippen LogP contribution in [0.1, 0.15) is 12.8 Å². The molecule has 1 aliphatic rings. The molecule has 0 spiro atoms. The van der Waals surface area contributed by atoms with Gasteiger partial charge in [-0.05, 0) is 61.1 Å². The molecule has 0 unspecified atom stereocenters. The molecule has 0 bridgehead atoms. The van der Waals surface area contributed by atoms with E-state index in [1.165, 1.54) is 0 Å².